The van der Waals surface area contributed by atoms with Crippen molar-refractivity contribution in [3.8, 4) is 11.3 Å². The van der Waals surface area contributed by atoms with E-state index in [2.05, 4.69) is 63.2 Å². The summed E-state index contributed by atoms with van der Waals surface area (Å²) in [5, 5.41) is 11.5. The highest BCUT2D eigenvalue weighted by molar-refractivity contribution is 7.10. The van der Waals surface area contributed by atoms with Gasteiger partial charge in [0.1, 0.15) is 5.82 Å². The van der Waals surface area contributed by atoms with E-state index < -0.39 is 0 Å². The number of hydrogen-bond acceptors (Lipinski definition) is 7. The van der Waals surface area contributed by atoms with Gasteiger partial charge in [-0.25, -0.2) is 9.78 Å². The minimum absolute atomic E-state index is 0.253. The Morgan fingerprint density at radius 2 is 2.06 bits per heavy atom. The van der Waals surface area contributed by atoms with E-state index in [1.807, 2.05) is 10.6 Å². The number of anilines is 1. The maximum atomic E-state index is 11.7. The summed E-state index contributed by atoms with van der Waals surface area (Å²) < 4.78 is 7.72. The van der Waals surface area contributed by atoms with Crippen LogP contribution in [0.3, 0.4) is 0 Å². The number of fused-ring (bicyclic) bond motifs is 1. The van der Waals surface area contributed by atoms with Gasteiger partial charge in [-0.1, -0.05) is 6.58 Å². The van der Waals surface area contributed by atoms with Crippen LogP contribution >= 0.6 is 11.3 Å². The lowest BCUT2D eigenvalue weighted by Crippen LogP contribution is -2.44. The normalized spacial score (nSPS) is 21.7. The van der Waals surface area contributed by atoms with E-state index in [0.29, 0.717) is 16.7 Å². The molecular formula is C25H29N7O2S. The molecule has 0 aromatic carbocycles. The van der Waals surface area contributed by atoms with Crippen LogP contribution in [0.25, 0.3) is 29.6 Å². The number of rotatable bonds is 6. The predicted molar refractivity (Wildman–Crippen MR) is 138 cm³/mol. The Kier molecular flexibility index (Phi) is 5.58. The first-order valence-corrected chi connectivity index (χ1v) is 12.9. The molecule has 2 atom stereocenters. The Morgan fingerprint density at radius 1 is 1.26 bits per heavy atom. The van der Waals surface area contributed by atoms with Gasteiger partial charge in [0.25, 0.3) is 0 Å². The first-order valence-electron chi connectivity index (χ1n) is 12.0. The molecule has 9 nitrogen and oxygen atoms in total. The summed E-state index contributed by atoms with van der Waals surface area (Å²) in [5.74, 6) is 0.924. The molecule has 2 unspecified atom stereocenters. The van der Waals surface area contributed by atoms with Gasteiger partial charge in [-0.05, 0) is 38.8 Å². The van der Waals surface area contributed by atoms with Gasteiger partial charge in [-0.3, -0.25) is 4.90 Å². The van der Waals surface area contributed by atoms with Gasteiger partial charge >= 0.3 is 5.69 Å². The molecule has 35 heavy (non-hydrogen) atoms. The first-order chi connectivity index (χ1) is 16.9. The van der Waals surface area contributed by atoms with Crippen LogP contribution in [-0.2, 0) is 11.3 Å². The molecule has 2 aliphatic rings. The minimum atomic E-state index is -0.280. The Balaban J connectivity index is 1.37. The van der Waals surface area contributed by atoms with Gasteiger partial charge in [0.15, 0.2) is 5.65 Å². The molecule has 182 valence electrons. The van der Waals surface area contributed by atoms with Crippen LogP contribution in [-0.4, -0.2) is 60.8 Å². The number of aromatic nitrogens is 5. The van der Waals surface area contributed by atoms with Gasteiger partial charge in [-0.15, -0.1) is 11.3 Å². The van der Waals surface area contributed by atoms with E-state index in [1.54, 1.807) is 17.5 Å². The molecule has 1 aliphatic carbocycles. The molecule has 0 bridgehead atoms. The zero-order valence-electron chi connectivity index (χ0n) is 19.9. The molecule has 10 heteroatoms. The Bertz CT molecular complexity index is 1530. The smallest absolute Gasteiger partial charge is 0.323 e. The highest BCUT2D eigenvalue weighted by Gasteiger charge is 2.24. The number of nitrogens with zero attached hydrogens (tertiary/aromatic N) is 4. The maximum Gasteiger partial charge on any atom is 0.323 e. The third-order valence-electron chi connectivity index (χ3n) is 6.39. The Hall–Kier alpha value is -3.21. The maximum absolute atomic E-state index is 11.7. The fraction of sp³-hybridized carbons (Fsp3) is 0.400. The molecule has 0 radical (unpaired) electrons. The summed E-state index contributed by atoms with van der Waals surface area (Å²) in [6.45, 7) is 11.0. The molecule has 3 N–H and O–H groups in total. The lowest BCUT2D eigenvalue weighted by Gasteiger charge is -2.34. The van der Waals surface area contributed by atoms with Crippen molar-refractivity contribution in [1.82, 2.24) is 29.5 Å². The third kappa shape index (κ3) is 4.69. The van der Waals surface area contributed by atoms with Crippen LogP contribution in [0.15, 0.2) is 28.5 Å². The molecule has 2 fully saturated rings. The average molecular weight is 492 g/mol. The zero-order chi connectivity index (χ0) is 24.1. The van der Waals surface area contributed by atoms with Crippen LogP contribution in [0.1, 0.15) is 37.1 Å². The molecule has 4 aromatic rings. The predicted octanol–water partition coefficient (Wildman–Crippen LogP) is 1.90. The van der Waals surface area contributed by atoms with Gasteiger partial charge in [0.05, 0.1) is 34.8 Å². The zero-order valence-corrected chi connectivity index (χ0v) is 20.7. The molecule has 6 rings (SSSR count). The Labute approximate surface area is 206 Å². The summed E-state index contributed by atoms with van der Waals surface area (Å²) in [4.78, 5) is 25.9. The Morgan fingerprint density at radius 3 is 2.77 bits per heavy atom. The first kappa shape index (κ1) is 22.3. The molecule has 4 aromatic heterocycles. The van der Waals surface area contributed by atoms with Crippen molar-refractivity contribution in [3.63, 3.8) is 0 Å². The van der Waals surface area contributed by atoms with Crippen LogP contribution in [0.2, 0.25) is 0 Å². The lowest BCUT2D eigenvalue weighted by molar-refractivity contribution is -0.0702. The van der Waals surface area contributed by atoms with Crippen molar-refractivity contribution in [3.05, 3.63) is 55.3 Å². The minimum Gasteiger partial charge on any atom is -0.373 e. The number of nitrogens with one attached hydrogen (secondary N) is 3. The molecular weight excluding hydrogens is 462 g/mol. The van der Waals surface area contributed by atoms with Crippen LogP contribution in [0, 0.1) is 0 Å². The van der Waals surface area contributed by atoms with E-state index in [0.717, 1.165) is 60.8 Å². The highest BCUT2D eigenvalue weighted by Crippen LogP contribution is 2.31. The summed E-state index contributed by atoms with van der Waals surface area (Å²) in [7, 11) is 0. The number of thiophene rings is 1. The van der Waals surface area contributed by atoms with E-state index >= 15 is 0 Å². The van der Waals surface area contributed by atoms with E-state index in [1.165, 1.54) is 4.88 Å². The van der Waals surface area contributed by atoms with Crippen LogP contribution in [0.5, 0.6) is 0 Å². The topological polar surface area (TPSA) is 103 Å². The molecule has 1 saturated heterocycles. The largest absolute Gasteiger partial charge is 0.373 e. The van der Waals surface area contributed by atoms with Gasteiger partial charge in [0, 0.05) is 53.1 Å². The lowest BCUT2D eigenvalue weighted by atomic mass is 10.2. The fourth-order valence-corrected chi connectivity index (χ4v) is 5.63. The summed E-state index contributed by atoms with van der Waals surface area (Å²) in [6.07, 6.45) is 6.46. The second-order valence-corrected chi connectivity index (χ2v) is 10.6. The highest BCUT2D eigenvalue weighted by atomic mass is 32.1. The fourth-order valence-electron chi connectivity index (χ4n) is 4.71. The van der Waals surface area contributed by atoms with Crippen LogP contribution in [0.4, 0.5) is 5.82 Å². The summed E-state index contributed by atoms with van der Waals surface area (Å²) in [6, 6.07) is 4.80. The van der Waals surface area contributed by atoms with Gasteiger partial charge < -0.3 is 20.0 Å². The number of hydrogen-bond donors (Lipinski definition) is 3. The van der Waals surface area contributed by atoms with Crippen molar-refractivity contribution < 1.29 is 4.74 Å². The number of H-pyrrole nitrogens is 2. The molecule has 1 aliphatic heterocycles. The SMILES string of the molecule is C=c1[nH]c(=O)[nH]/c1=C\c1cnn2c(NC3CC3)cc(-c3csc(CN4CC(C)OC(C)C4)c3)nc12. The van der Waals surface area contributed by atoms with Crippen molar-refractivity contribution in [2.45, 2.75) is 51.5 Å². The monoisotopic (exact) mass is 491 g/mol. The van der Waals surface area contributed by atoms with E-state index in [4.69, 9.17) is 9.72 Å². The summed E-state index contributed by atoms with van der Waals surface area (Å²) in [5.41, 5.74) is 3.27. The van der Waals surface area contributed by atoms with Crippen molar-refractivity contribution in [1.29, 1.82) is 0 Å². The quantitative estimate of drug-likeness (QED) is 0.381. The molecule has 1 saturated carbocycles. The van der Waals surface area contributed by atoms with Gasteiger partial charge in [0.2, 0.25) is 0 Å². The van der Waals surface area contributed by atoms with Crippen molar-refractivity contribution in [2.75, 3.05) is 18.4 Å². The van der Waals surface area contributed by atoms with E-state index in [-0.39, 0.29) is 17.9 Å². The second kappa shape index (κ2) is 8.78. The average Bonchev–Trinajstić information content (AvgIpc) is 3.18. The number of ether oxygens (including phenoxy) is 1. The van der Waals surface area contributed by atoms with Crippen molar-refractivity contribution >= 4 is 35.5 Å². The molecule has 5 heterocycles. The van der Waals surface area contributed by atoms with Crippen LogP contribution < -0.4 is 21.7 Å². The molecule has 0 spiro atoms. The third-order valence-corrected chi connectivity index (χ3v) is 7.31. The number of morpholine rings is 1. The van der Waals surface area contributed by atoms with Gasteiger partial charge in [-0.2, -0.15) is 9.61 Å². The summed E-state index contributed by atoms with van der Waals surface area (Å²) >= 11 is 1.77. The van der Waals surface area contributed by atoms with Crippen molar-refractivity contribution in [2.24, 2.45) is 0 Å². The number of aromatic amines is 2. The molecule has 0 amide bonds. The second-order valence-electron chi connectivity index (χ2n) is 9.65. The van der Waals surface area contributed by atoms with E-state index in [9.17, 15) is 4.79 Å². The number of imidazole rings is 1. The standard InChI is InChI=1S/C25H29N7O2S/c1-14-10-31(11-15(2)34-14)12-20-6-18(13-35-20)22-8-23(28-19-4-5-19)32-24(29-22)17(9-26-32)7-21-16(3)27-25(33)30-21/h6-9,13-15,19,28H,3-5,10-12H2,1-2H3,(H2,27,30,33)/b21-7-.